The first kappa shape index (κ1) is 16.3. The lowest BCUT2D eigenvalue weighted by molar-refractivity contribution is -0.122. The Kier molecular flexibility index (Phi) is 6.66. The molecule has 0 aliphatic heterocycles. The van der Waals surface area contributed by atoms with Gasteiger partial charge in [0.2, 0.25) is 5.91 Å². The maximum Gasteiger partial charge on any atom is 0.280 e. The van der Waals surface area contributed by atoms with Crippen LogP contribution in [0.25, 0.3) is 0 Å². The highest BCUT2D eigenvalue weighted by Gasteiger charge is 2.25. The number of amides is 1. The second-order valence-corrected chi connectivity index (χ2v) is 6.01. The van der Waals surface area contributed by atoms with Crippen LogP contribution in [0.2, 0.25) is 0 Å². The van der Waals surface area contributed by atoms with Crippen molar-refractivity contribution in [2.75, 3.05) is 13.6 Å². The van der Waals surface area contributed by atoms with E-state index in [0.29, 0.717) is 6.54 Å². The van der Waals surface area contributed by atoms with Crippen LogP contribution in [0.4, 0.5) is 0 Å². The van der Waals surface area contributed by atoms with E-state index in [1.165, 1.54) is 18.3 Å². The van der Waals surface area contributed by atoms with Crippen molar-refractivity contribution in [3.63, 3.8) is 0 Å². The van der Waals surface area contributed by atoms with Crippen molar-refractivity contribution in [2.45, 2.75) is 46.2 Å². The molecule has 0 bridgehead atoms. The Morgan fingerprint density at radius 3 is 2.24 bits per heavy atom. The highest BCUT2D eigenvalue weighted by Crippen LogP contribution is 2.01. The van der Waals surface area contributed by atoms with E-state index in [4.69, 9.17) is 0 Å². The number of hydrogen-bond acceptors (Lipinski definition) is 3. The predicted octanol–water partition coefficient (Wildman–Crippen LogP) is 0.0757. The summed E-state index contributed by atoms with van der Waals surface area (Å²) >= 11 is 0. The van der Waals surface area contributed by atoms with Crippen molar-refractivity contribution < 1.29 is 13.2 Å². The largest absolute Gasteiger partial charge is 0.355 e. The van der Waals surface area contributed by atoms with Crippen molar-refractivity contribution >= 4 is 16.1 Å². The second kappa shape index (κ2) is 6.93. The predicted molar refractivity (Wildman–Crippen MR) is 67.7 cm³/mol. The van der Waals surface area contributed by atoms with Crippen molar-refractivity contribution in [2.24, 2.45) is 0 Å². The monoisotopic (exact) mass is 265 g/mol. The van der Waals surface area contributed by atoms with Gasteiger partial charge in [-0.3, -0.25) is 4.79 Å². The van der Waals surface area contributed by atoms with Crippen LogP contribution in [-0.4, -0.2) is 44.3 Å². The lowest BCUT2D eigenvalue weighted by atomic mass is 10.3. The maximum atomic E-state index is 11.8. The maximum absolute atomic E-state index is 11.8. The van der Waals surface area contributed by atoms with Gasteiger partial charge in [0, 0.05) is 19.6 Å². The van der Waals surface area contributed by atoms with Gasteiger partial charge in [-0.05, 0) is 27.2 Å². The molecular weight excluding hydrogens is 242 g/mol. The third-order valence-electron chi connectivity index (χ3n) is 2.37. The molecule has 7 heteroatoms. The highest BCUT2D eigenvalue weighted by molar-refractivity contribution is 7.87. The number of carbonyl (C=O) groups excluding carboxylic acids is 1. The summed E-state index contributed by atoms with van der Waals surface area (Å²) in [5.74, 6) is -0.312. The molecule has 2 N–H and O–H groups in total. The highest BCUT2D eigenvalue weighted by atomic mass is 32.2. The van der Waals surface area contributed by atoms with E-state index in [0.717, 1.165) is 6.42 Å². The van der Waals surface area contributed by atoms with Gasteiger partial charge >= 0.3 is 0 Å². The fourth-order valence-electron chi connectivity index (χ4n) is 1.04. The Morgan fingerprint density at radius 1 is 1.29 bits per heavy atom. The number of rotatable bonds is 7. The molecule has 0 saturated carbocycles. The van der Waals surface area contributed by atoms with E-state index in [-0.39, 0.29) is 11.9 Å². The third kappa shape index (κ3) is 5.47. The fourth-order valence-corrected chi connectivity index (χ4v) is 2.31. The minimum atomic E-state index is -3.61. The molecule has 0 saturated heterocycles. The second-order valence-electron chi connectivity index (χ2n) is 4.25. The van der Waals surface area contributed by atoms with Crippen molar-refractivity contribution in [1.29, 1.82) is 0 Å². The number of hydrogen-bond donors (Lipinski definition) is 2. The van der Waals surface area contributed by atoms with E-state index >= 15 is 0 Å². The summed E-state index contributed by atoms with van der Waals surface area (Å²) in [7, 11) is -2.13. The number of carbonyl (C=O) groups is 1. The Balaban J connectivity index is 4.47. The van der Waals surface area contributed by atoms with Crippen LogP contribution in [0.3, 0.4) is 0 Å². The Bertz CT molecular complexity index is 341. The van der Waals surface area contributed by atoms with Crippen molar-refractivity contribution in [1.82, 2.24) is 14.3 Å². The zero-order chi connectivity index (χ0) is 13.6. The number of nitrogens with one attached hydrogen (secondary N) is 2. The van der Waals surface area contributed by atoms with E-state index in [9.17, 15) is 13.2 Å². The molecule has 0 fully saturated rings. The van der Waals surface area contributed by atoms with Crippen LogP contribution in [0.1, 0.15) is 34.1 Å². The van der Waals surface area contributed by atoms with E-state index < -0.39 is 16.3 Å². The minimum Gasteiger partial charge on any atom is -0.355 e. The average Bonchev–Trinajstić information content (AvgIpc) is 2.23. The first-order valence-electron chi connectivity index (χ1n) is 5.75. The molecule has 0 aliphatic rings. The molecule has 0 aliphatic carbocycles. The molecular formula is C10H23N3O3S. The molecule has 0 aromatic carbocycles. The summed E-state index contributed by atoms with van der Waals surface area (Å²) in [6.45, 7) is 7.53. The van der Waals surface area contributed by atoms with Crippen LogP contribution < -0.4 is 10.0 Å². The van der Waals surface area contributed by atoms with Crippen LogP contribution in [0.5, 0.6) is 0 Å². The molecule has 0 radical (unpaired) electrons. The summed E-state index contributed by atoms with van der Waals surface area (Å²) in [6.07, 6.45) is 0.817. The Morgan fingerprint density at radius 2 is 1.82 bits per heavy atom. The molecule has 0 heterocycles. The number of nitrogens with zero attached hydrogens (tertiary/aromatic N) is 1. The van der Waals surface area contributed by atoms with E-state index in [2.05, 4.69) is 10.0 Å². The van der Waals surface area contributed by atoms with Gasteiger partial charge in [0.25, 0.3) is 10.2 Å². The standard InChI is InChI=1S/C10H23N3O3S/c1-6-7-11-10(14)9(4)12-17(15,16)13(5)8(2)3/h8-9,12H,6-7H2,1-5H3,(H,11,14)/t9-/m1/s1. The smallest absolute Gasteiger partial charge is 0.280 e. The normalized spacial score (nSPS) is 14.1. The minimum absolute atomic E-state index is 0.154. The molecule has 1 atom stereocenters. The van der Waals surface area contributed by atoms with Gasteiger partial charge in [-0.2, -0.15) is 17.4 Å². The molecule has 6 nitrogen and oxygen atoms in total. The lowest BCUT2D eigenvalue weighted by Gasteiger charge is -2.23. The molecule has 1 amide bonds. The fraction of sp³-hybridized carbons (Fsp3) is 0.900. The van der Waals surface area contributed by atoms with Gasteiger partial charge in [0.1, 0.15) is 0 Å². The zero-order valence-electron chi connectivity index (χ0n) is 11.1. The van der Waals surface area contributed by atoms with Gasteiger partial charge in [0.15, 0.2) is 0 Å². The molecule has 0 rings (SSSR count). The van der Waals surface area contributed by atoms with Crippen molar-refractivity contribution in [3.8, 4) is 0 Å². The van der Waals surface area contributed by atoms with Crippen molar-refractivity contribution in [3.05, 3.63) is 0 Å². The van der Waals surface area contributed by atoms with Gasteiger partial charge in [-0.25, -0.2) is 0 Å². The van der Waals surface area contributed by atoms with Gasteiger partial charge in [-0.1, -0.05) is 6.92 Å². The van der Waals surface area contributed by atoms with Gasteiger partial charge in [-0.15, -0.1) is 0 Å². The summed E-state index contributed by atoms with van der Waals surface area (Å²) in [5, 5.41) is 2.64. The Labute approximate surface area is 104 Å². The first-order valence-corrected chi connectivity index (χ1v) is 7.19. The SMILES string of the molecule is CCCNC(=O)[C@@H](C)NS(=O)(=O)N(C)C(C)C. The van der Waals surface area contributed by atoms with Gasteiger partial charge in [0.05, 0.1) is 6.04 Å². The molecule has 0 aromatic rings. The van der Waals surface area contributed by atoms with E-state index in [1.807, 2.05) is 6.92 Å². The lowest BCUT2D eigenvalue weighted by Crippen LogP contribution is -2.50. The van der Waals surface area contributed by atoms with Crippen LogP contribution in [0.15, 0.2) is 0 Å². The summed E-state index contributed by atoms with van der Waals surface area (Å²) in [4.78, 5) is 11.5. The van der Waals surface area contributed by atoms with E-state index in [1.54, 1.807) is 13.8 Å². The van der Waals surface area contributed by atoms with Crippen LogP contribution in [-0.2, 0) is 15.0 Å². The Hall–Kier alpha value is -0.660. The summed E-state index contributed by atoms with van der Waals surface area (Å²) in [5.41, 5.74) is 0. The first-order chi connectivity index (χ1) is 7.72. The van der Waals surface area contributed by atoms with Crippen LogP contribution in [0, 0.1) is 0 Å². The molecule has 0 aromatic heterocycles. The molecule has 0 unspecified atom stereocenters. The molecule has 0 spiro atoms. The quantitative estimate of drug-likeness (QED) is 0.684. The molecule has 17 heavy (non-hydrogen) atoms. The summed E-state index contributed by atoms with van der Waals surface area (Å²) < 4.78 is 27.1. The van der Waals surface area contributed by atoms with Crippen LogP contribution >= 0.6 is 0 Å². The topological polar surface area (TPSA) is 78.5 Å². The van der Waals surface area contributed by atoms with Gasteiger partial charge < -0.3 is 5.32 Å². The summed E-state index contributed by atoms with van der Waals surface area (Å²) in [6, 6.07) is -0.925. The average molecular weight is 265 g/mol. The zero-order valence-corrected chi connectivity index (χ0v) is 12.0. The molecule has 102 valence electrons. The third-order valence-corrected chi connectivity index (χ3v) is 4.21.